The maximum atomic E-state index is 13.0. The molecule has 0 bridgehead atoms. The molecule has 6 heteroatoms. The lowest BCUT2D eigenvalue weighted by molar-refractivity contribution is -0.137. The number of rotatable bonds is 3. The van der Waals surface area contributed by atoms with Gasteiger partial charge in [0.2, 0.25) is 0 Å². The summed E-state index contributed by atoms with van der Waals surface area (Å²) in [5, 5.41) is 1.77. The molecule has 1 heterocycles. The molecule has 28 heavy (non-hydrogen) atoms. The lowest BCUT2D eigenvalue weighted by Gasteiger charge is -2.36. The normalized spacial score (nSPS) is 20.5. The Balaban J connectivity index is 1.61. The van der Waals surface area contributed by atoms with E-state index in [1.807, 2.05) is 0 Å². The summed E-state index contributed by atoms with van der Waals surface area (Å²) in [6.07, 6.45) is -1.54. The van der Waals surface area contributed by atoms with E-state index >= 15 is 0 Å². The summed E-state index contributed by atoms with van der Waals surface area (Å²) in [4.78, 5) is 0. The van der Waals surface area contributed by atoms with Crippen LogP contribution in [0.25, 0.3) is 0 Å². The highest BCUT2D eigenvalue weighted by atomic mass is 19.4. The average molecular weight is 390 g/mol. The summed E-state index contributed by atoms with van der Waals surface area (Å²) < 4.78 is 51.8. The third-order valence-corrected chi connectivity index (χ3v) is 5.13. The minimum Gasteiger partial charge on any atom is -0.269 e. The number of hydrogen-bond donors (Lipinski definition) is 1. The molecule has 0 saturated carbocycles. The van der Waals surface area contributed by atoms with Gasteiger partial charge in [0.25, 0.3) is 0 Å². The van der Waals surface area contributed by atoms with Crippen molar-refractivity contribution >= 4 is 0 Å². The molecule has 0 radical (unpaired) electrons. The number of halogens is 4. The molecule has 1 saturated heterocycles. The minimum absolute atomic E-state index is 0.0529. The van der Waals surface area contributed by atoms with Crippen molar-refractivity contribution in [1.82, 2.24) is 5.01 Å². The molecule has 2 N–H and O–H groups in total. The summed E-state index contributed by atoms with van der Waals surface area (Å²) >= 11 is 0. The molecule has 1 fully saturated rings. The van der Waals surface area contributed by atoms with Gasteiger partial charge < -0.3 is 0 Å². The van der Waals surface area contributed by atoms with E-state index in [9.17, 15) is 17.6 Å². The molecule has 2 aromatic carbocycles. The van der Waals surface area contributed by atoms with Gasteiger partial charge in [-0.1, -0.05) is 30.0 Å². The van der Waals surface area contributed by atoms with Crippen LogP contribution in [0.15, 0.2) is 48.5 Å². The number of piperidine rings is 1. The first-order valence-electron chi connectivity index (χ1n) is 9.26. The third kappa shape index (κ3) is 5.34. The standard InChI is InChI=1S/C22H22F4N2/c23-20-10-8-16(9-11-20)4-1-2-7-21-15-18(12-13-28(21)27)17-5-3-6-19(14-17)22(24,25)26/h3,5-6,8-11,14,18,21H,2,7,12-13,15,27H2. The van der Waals surface area contributed by atoms with E-state index in [0.717, 1.165) is 24.5 Å². The Labute approximate surface area is 162 Å². The van der Waals surface area contributed by atoms with Crippen LogP contribution in [0.4, 0.5) is 17.6 Å². The fourth-order valence-corrected chi connectivity index (χ4v) is 3.56. The van der Waals surface area contributed by atoms with Crippen LogP contribution in [-0.2, 0) is 6.18 Å². The second-order valence-electron chi connectivity index (χ2n) is 7.08. The largest absolute Gasteiger partial charge is 0.416 e. The van der Waals surface area contributed by atoms with Crippen molar-refractivity contribution < 1.29 is 17.6 Å². The van der Waals surface area contributed by atoms with Gasteiger partial charge in [-0.05, 0) is 61.1 Å². The summed E-state index contributed by atoms with van der Waals surface area (Å²) in [6.45, 7) is 0.636. The monoisotopic (exact) mass is 390 g/mol. The van der Waals surface area contributed by atoms with Gasteiger partial charge in [-0.3, -0.25) is 5.84 Å². The first kappa shape index (κ1) is 20.4. The Bertz CT molecular complexity index is 849. The Morgan fingerprint density at radius 1 is 1.11 bits per heavy atom. The number of hydrogen-bond acceptors (Lipinski definition) is 2. The van der Waals surface area contributed by atoms with Gasteiger partial charge >= 0.3 is 6.18 Å². The van der Waals surface area contributed by atoms with Gasteiger partial charge in [-0.2, -0.15) is 13.2 Å². The van der Waals surface area contributed by atoms with E-state index in [1.165, 1.54) is 24.3 Å². The van der Waals surface area contributed by atoms with Gasteiger partial charge in [0.15, 0.2) is 0 Å². The molecular formula is C22H22F4N2. The van der Waals surface area contributed by atoms with Crippen LogP contribution in [0.2, 0.25) is 0 Å². The van der Waals surface area contributed by atoms with Crippen molar-refractivity contribution in [2.24, 2.45) is 5.84 Å². The van der Waals surface area contributed by atoms with E-state index < -0.39 is 11.7 Å². The Morgan fingerprint density at radius 3 is 2.57 bits per heavy atom. The van der Waals surface area contributed by atoms with Crippen LogP contribution in [0.5, 0.6) is 0 Å². The maximum absolute atomic E-state index is 13.0. The zero-order valence-electron chi connectivity index (χ0n) is 15.3. The zero-order valence-corrected chi connectivity index (χ0v) is 15.3. The van der Waals surface area contributed by atoms with E-state index in [4.69, 9.17) is 5.84 Å². The van der Waals surface area contributed by atoms with Crippen molar-refractivity contribution in [2.75, 3.05) is 6.54 Å². The topological polar surface area (TPSA) is 29.3 Å². The zero-order chi connectivity index (χ0) is 20.1. The fourth-order valence-electron chi connectivity index (χ4n) is 3.56. The summed E-state index contributed by atoms with van der Waals surface area (Å²) in [7, 11) is 0. The van der Waals surface area contributed by atoms with Gasteiger partial charge in [0.05, 0.1) is 5.56 Å². The lowest BCUT2D eigenvalue weighted by atomic mass is 9.84. The Morgan fingerprint density at radius 2 is 1.86 bits per heavy atom. The van der Waals surface area contributed by atoms with E-state index in [2.05, 4.69) is 11.8 Å². The third-order valence-electron chi connectivity index (χ3n) is 5.13. The van der Waals surface area contributed by atoms with Gasteiger partial charge in [-0.25, -0.2) is 9.40 Å². The SMILES string of the molecule is NN1CCC(c2cccc(C(F)(F)F)c2)CC1CCC#Cc1ccc(F)cc1. The molecule has 0 amide bonds. The minimum atomic E-state index is -4.33. The summed E-state index contributed by atoms with van der Waals surface area (Å²) in [5.74, 6) is 11.9. The molecule has 1 aliphatic rings. The predicted octanol–water partition coefficient (Wildman–Crippen LogP) is 5.10. The van der Waals surface area contributed by atoms with Crippen molar-refractivity contribution in [2.45, 2.75) is 43.8 Å². The van der Waals surface area contributed by atoms with Gasteiger partial charge in [0, 0.05) is 24.6 Å². The molecule has 2 atom stereocenters. The van der Waals surface area contributed by atoms with E-state index in [1.54, 1.807) is 23.2 Å². The number of alkyl halides is 3. The van der Waals surface area contributed by atoms with E-state index in [-0.39, 0.29) is 17.8 Å². The Kier molecular flexibility index (Phi) is 6.38. The number of hydrazine groups is 1. The van der Waals surface area contributed by atoms with Gasteiger partial charge in [-0.15, -0.1) is 0 Å². The summed E-state index contributed by atoms with van der Waals surface area (Å²) in [6, 6.07) is 11.6. The van der Waals surface area contributed by atoms with Crippen molar-refractivity contribution in [3.05, 3.63) is 71.0 Å². The maximum Gasteiger partial charge on any atom is 0.416 e. The first-order chi connectivity index (χ1) is 13.3. The quantitative estimate of drug-likeness (QED) is 0.449. The van der Waals surface area contributed by atoms with Crippen LogP contribution in [0, 0.1) is 17.7 Å². The molecule has 0 spiro atoms. The predicted molar refractivity (Wildman–Crippen MR) is 101 cm³/mol. The number of nitrogens with zero attached hydrogens (tertiary/aromatic N) is 1. The number of benzene rings is 2. The molecular weight excluding hydrogens is 368 g/mol. The molecule has 0 aliphatic carbocycles. The van der Waals surface area contributed by atoms with Crippen molar-refractivity contribution in [1.29, 1.82) is 0 Å². The average Bonchev–Trinajstić information content (AvgIpc) is 2.67. The molecule has 1 aliphatic heterocycles. The van der Waals surface area contributed by atoms with E-state index in [0.29, 0.717) is 24.9 Å². The molecule has 3 rings (SSSR count). The van der Waals surface area contributed by atoms with Crippen LogP contribution in [0.3, 0.4) is 0 Å². The fraction of sp³-hybridized carbons (Fsp3) is 0.364. The highest BCUT2D eigenvalue weighted by Crippen LogP contribution is 2.35. The second-order valence-corrected chi connectivity index (χ2v) is 7.08. The molecule has 2 nitrogen and oxygen atoms in total. The first-order valence-corrected chi connectivity index (χ1v) is 9.26. The van der Waals surface area contributed by atoms with Crippen molar-refractivity contribution in [3.8, 4) is 11.8 Å². The molecule has 0 aromatic heterocycles. The van der Waals surface area contributed by atoms with Crippen LogP contribution in [-0.4, -0.2) is 17.6 Å². The summed E-state index contributed by atoms with van der Waals surface area (Å²) in [5.41, 5.74) is 0.851. The smallest absolute Gasteiger partial charge is 0.269 e. The highest BCUT2D eigenvalue weighted by Gasteiger charge is 2.32. The van der Waals surface area contributed by atoms with Gasteiger partial charge in [0.1, 0.15) is 5.82 Å². The number of nitrogens with two attached hydrogens (primary N) is 1. The Hall–Kier alpha value is -2.36. The van der Waals surface area contributed by atoms with Crippen LogP contribution in [0.1, 0.15) is 48.3 Å². The van der Waals surface area contributed by atoms with Crippen LogP contribution >= 0.6 is 0 Å². The molecule has 2 aromatic rings. The molecule has 2 unspecified atom stereocenters. The van der Waals surface area contributed by atoms with Crippen molar-refractivity contribution in [3.63, 3.8) is 0 Å². The van der Waals surface area contributed by atoms with Crippen LogP contribution < -0.4 is 5.84 Å². The highest BCUT2D eigenvalue weighted by molar-refractivity contribution is 5.34. The molecule has 148 valence electrons. The lowest BCUT2D eigenvalue weighted by Crippen LogP contribution is -2.46. The second kappa shape index (κ2) is 8.76.